The summed E-state index contributed by atoms with van der Waals surface area (Å²) in [4.78, 5) is 11.2. The molecular formula is C15H22O3. The number of hydrogen-bond acceptors (Lipinski definition) is 2. The zero-order valence-electron chi connectivity index (χ0n) is 11.2. The number of aryl methyl sites for hydroxylation is 1. The third-order valence-electron chi connectivity index (χ3n) is 3.00. The lowest BCUT2D eigenvalue weighted by atomic mass is 9.94. The van der Waals surface area contributed by atoms with Gasteiger partial charge in [0, 0.05) is 13.2 Å². The first-order valence-electron chi connectivity index (χ1n) is 6.49. The van der Waals surface area contributed by atoms with E-state index < -0.39 is 5.97 Å². The summed E-state index contributed by atoms with van der Waals surface area (Å²) in [6.45, 7) is 5.31. The Morgan fingerprint density at radius 2 is 2.00 bits per heavy atom. The zero-order valence-corrected chi connectivity index (χ0v) is 11.2. The molecule has 0 aliphatic rings. The minimum absolute atomic E-state index is 0.312. The minimum atomic E-state index is -0.716. The smallest absolute Gasteiger partial charge is 0.306 e. The maximum absolute atomic E-state index is 11.2. The fourth-order valence-electron chi connectivity index (χ4n) is 1.90. The highest BCUT2D eigenvalue weighted by molar-refractivity contribution is 5.70. The van der Waals surface area contributed by atoms with E-state index in [9.17, 15) is 9.90 Å². The average molecular weight is 250 g/mol. The quantitative estimate of drug-likeness (QED) is 0.721. The van der Waals surface area contributed by atoms with Gasteiger partial charge in [0.1, 0.15) is 0 Å². The second-order valence-electron chi connectivity index (χ2n) is 4.56. The van der Waals surface area contributed by atoms with Crippen molar-refractivity contribution in [2.24, 2.45) is 5.92 Å². The number of carboxylic acid groups (broad SMARTS) is 1. The molecule has 0 amide bonds. The molecule has 0 aliphatic carbocycles. The molecule has 1 rings (SSSR count). The molecule has 0 aromatic heterocycles. The highest BCUT2D eigenvalue weighted by atomic mass is 16.5. The molecule has 0 aliphatic heterocycles. The van der Waals surface area contributed by atoms with Crippen molar-refractivity contribution in [3.05, 3.63) is 35.4 Å². The number of carboxylic acids is 1. The number of benzene rings is 1. The number of rotatable bonds is 8. The molecule has 0 heterocycles. The number of carbonyl (C=O) groups is 1. The van der Waals surface area contributed by atoms with E-state index in [1.807, 2.05) is 38.1 Å². The largest absolute Gasteiger partial charge is 0.481 e. The molecule has 3 heteroatoms. The van der Waals surface area contributed by atoms with Crippen molar-refractivity contribution in [3.63, 3.8) is 0 Å². The summed E-state index contributed by atoms with van der Waals surface area (Å²) in [6.07, 6.45) is 2.07. The monoisotopic (exact) mass is 250 g/mol. The van der Waals surface area contributed by atoms with Crippen LogP contribution in [-0.4, -0.2) is 24.3 Å². The Bertz CT molecular complexity index is 357. The van der Waals surface area contributed by atoms with Gasteiger partial charge in [0.15, 0.2) is 0 Å². The lowest BCUT2D eigenvalue weighted by molar-refractivity contribution is -0.142. The van der Waals surface area contributed by atoms with E-state index >= 15 is 0 Å². The fourth-order valence-corrected chi connectivity index (χ4v) is 1.90. The first kappa shape index (κ1) is 14.7. The summed E-state index contributed by atoms with van der Waals surface area (Å²) in [7, 11) is 0. The summed E-state index contributed by atoms with van der Waals surface area (Å²) in [5.74, 6) is -1.03. The van der Waals surface area contributed by atoms with Gasteiger partial charge < -0.3 is 9.84 Å². The molecule has 0 saturated carbocycles. The van der Waals surface area contributed by atoms with Gasteiger partial charge in [0.25, 0.3) is 0 Å². The van der Waals surface area contributed by atoms with Gasteiger partial charge in [0.2, 0.25) is 0 Å². The van der Waals surface area contributed by atoms with E-state index in [1.165, 1.54) is 5.56 Å². The summed E-state index contributed by atoms with van der Waals surface area (Å²) >= 11 is 0. The SMILES string of the molecule is CCOCCCC(Cc1ccc(C)cc1)C(=O)O. The highest BCUT2D eigenvalue weighted by Crippen LogP contribution is 2.15. The van der Waals surface area contributed by atoms with Crippen LogP contribution in [0.15, 0.2) is 24.3 Å². The zero-order chi connectivity index (χ0) is 13.4. The molecule has 1 atom stereocenters. The van der Waals surface area contributed by atoms with Crippen LogP contribution in [0.4, 0.5) is 0 Å². The maximum atomic E-state index is 11.2. The molecule has 0 fully saturated rings. The summed E-state index contributed by atoms with van der Waals surface area (Å²) in [5.41, 5.74) is 2.28. The second kappa shape index (κ2) is 7.88. The number of hydrogen-bond donors (Lipinski definition) is 1. The first-order valence-corrected chi connectivity index (χ1v) is 6.49. The molecule has 0 spiro atoms. The minimum Gasteiger partial charge on any atom is -0.481 e. The van der Waals surface area contributed by atoms with E-state index in [-0.39, 0.29) is 5.92 Å². The standard InChI is InChI=1S/C15H22O3/c1-3-18-10-4-5-14(15(16)17)11-13-8-6-12(2)7-9-13/h6-9,14H,3-5,10-11H2,1-2H3,(H,16,17). The van der Waals surface area contributed by atoms with Crippen LogP contribution in [0, 0.1) is 12.8 Å². The Labute approximate surface area is 109 Å². The van der Waals surface area contributed by atoms with Crippen molar-refractivity contribution in [2.45, 2.75) is 33.1 Å². The maximum Gasteiger partial charge on any atom is 0.306 e. The Hall–Kier alpha value is -1.35. The van der Waals surface area contributed by atoms with Crippen molar-refractivity contribution in [1.29, 1.82) is 0 Å². The second-order valence-corrected chi connectivity index (χ2v) is 4.56. The molecule has 1 N–H and O–H groups in total. The molecule has 0 radical (unpaired) electrons. The van der Waals surface area contributed by atoms with Crippen molar-refractivity contribution >= 4 is 5.97 Å². The third-order valence-corrected chi connectivity index (χ3v) is 3.00. The molecule has 100 valence electrons. The van der Waals surface area contributed by atoms with Crippen molar-refractivity contribution in [1.82, 2.24) is 0 Å². The van der Waals surface area contributed by atoms with Crippen molar-refractivity contribution < 1.29 is 14.6 Å². The van der Waals surface area contributed by atoms with Gasteiger partial charge in [-0.25, -0.2) is 0 Å². The van der Waals surface area contributed by atoms with Gasteiger partial charge in [0.05, 0.1) is 5.92 Å². The molecule has 1 unspecified atom stereocenters. The number of aliphatic carboxylic acids is 1. The topological polar surface area (TPSA) is 46.5 Å². The van der Waals surface area contributed by atoms with E-state index in [2.05, 4.69) is 0 Å². The van der Waals surface area contributed by atoms with Crippen LogP contribution in [0.2, 0.25) is 0 Å². The van der Waals surface area contributed by atoms with Crippen molar-refractivity contribution in [2.75, 3.05) is 13.2 Å². The van der Waals surface area contributed by atoms with E-state index in [0.717, 1.165) is 12.0 Å². The molecule has 3 nitrogen and oxygen atoms in total. The fraction of sp³-hybridized carbons (Fsp3) is 0.533. The molecule has 1 aromatic rings. The van der Waals surface area contributed by atoms with Crippen LogP contribution >= 0.6 is 0 Å². The predicted molar refractivity (Wildman–Crippen MR) is 71.7 cm³/mol. The van der Waals surface area contributed by atoms with Crippen LogP contribution in [0.25, 0.3) is 0 Å². The number of ether oxygens (including phenoxy) is 1. The van der Waals surface area contributed by atoms with Crippen LogP contribution < -0.4 is 0 Å². The van der Waals surface area contributed by atoms with Gasteiger partial charge in [-0.3, -0.25) is 4.79 Å². The lowest BCUT2D eigenvalue weighted by Crippen LogP contribution is -2.17. The van der Waals surface area contributed by atoms with Crippen molar-refractivity contribution in [3.8, 4) is 0 Å². The molecule has 0 bridgehead atoms. The van der Waals surface area contributed by atoms with E-state index in [0.29, 0.717) is 26.1 Å². The molecular weight excluding hydrogens is 228 g/mol. The predicted octanol–water partition coefficient (Wildman–Crippen LogP) is 3.06. The Balaban J connectivity index is 2.47. The first-order chi connectivity index (χ1) is 8.63. The highest BCUT2D eigenvalue weighted by Gasteiger charge is 2.17. The Kier molecular flexibility index (Phi) is 6.44. The van der Waals surface area contributed by atoms with Crippen LogP contribution in [0.1, 0.15) is 30.9 Å². The summed E-state index contributed by atoms with van der Waals surface area (Å²) in [6, 6.07) is 8.06. The van der Waals surface area contributed by atoms with Gasteiger partial charge in [-0.15, -0.1) is 0 Å². The average Bonchev–Trinajstić information content (AvgIpc) is 2.35. The van der Waals surface area contributed by atoms with Gasteiger partial charge in [-0.05, 0) is 38.7 Å². The lowest BCUT2D eigenvalue weighted by Gasteiger charge is -2.12. The van der Waals surface area contributed by atoms with Crippen LogP contribution in [0.3, 0.4) is 0 Å². The van der Waals surface area contributed by atoms with Crippen LogP contribution in [-0.2, 0) is 16.0 Å². The summed E-state index contributed by atoms with van der Waals surface area (Å²) < 4.78 is 5.24. The van der Waals surface area contributed by atoms with Gasteiger partial charge in [-0.1, -0.05) is 29.8 Å². The van der Waals surface area contributed by atoms with E-state index in [4.69, 9.17) is 4.74 Å². The van der Waals surface area contributed by atoms with Crippen LogP contribution in [0.5, 0.6) is 0 Å². The third kappa shape index (κ3) is 5.32. The Morgan fingerprint density at radius 1 is 1.33 bits per heavy atom. The van der Waals surface area contributed by atoms with E-state index in [1.54, 1.807) is 0 Å². The van der Waals surface area contributed by atoms with Gasteiger partial charge in [-0.2, -0.15) is 0 Å². The van der Waals surface area contributed by atoms with Gasteiger partial charge >= 0.3 is 5.97 Å². The Morgan fingerprint density at radius 3 is 2.56 bits per heavy atom. The summed E-state index contributed by atoms with van der Waals surface area (Å²) in [5, 5.41) is 9.20. The molecule has 0 saturated heterocycles. The normalized spacial score (nSPS) is 12.3. The molecule has 1 aromatic carbocycles. The molecule has 18 heavy (non-hydrogen) atoms.